The van der Waals surface area contributed by atoms with E-state index in [9.17, 15) is 4.79 Å². The summed E-state index contributed by atoms with van der Waals surface area (Å²) < 4.78 is 5.47. The molecule has 0 saturated carbocycles. The van der Waals surface area contributed by atoms with Crippen molar-refractivity contribution in [3.05, 3.63) is 5.01 Å². The molecule has 2 saturated heterocycles. The quantitative estimate of drug-likeness (QED) is 0.703. The van der Waals surface area contributed by atoms with Gasteiger partial charge in [-0.05, 0) is 12.8 Å². The van der Waals surface area contributed by atoms with Gasteiger partial charge in [0.1, 0.15) is 11.2 Å². The molecule has 0 aromatic carbocycles. The smallest absolute Gasteiger partial charge is 0.327 e. The fourth-order valence-electron chi connectivity index (χ4n) is 3.22. The second-order valence-corrected chi connectivity index (χ2v) is 7.31. The van der Waals surface area contributed by atoms with Gasteiger partial charge in [-0.1, -0.05) is 38.0 Å². The molecule has 3 rings (SSSR count). The summed E-state index contributed by atoms with van der Waals surface area (Å²) in [5.74, 6) is 0. The van der Waals surface area contributed by atoms with E-state index in [1.807, 2.05) is 9.80 Å². The van der Waals surface area contributed by atoms with Gasteiger partial charge in [0.05, 0.1) is 19.8 Å². The molecule has 1 atom stereocenters. The van der Waals surface area contributed by atoms with Gasteiger partial charge in [0, 0.05) is 19.6 Å². The first-order valence-corrected chi connectivity index (χ1v) is 9.78. The zero-order valence-corrected chi connectivity index (χ0v) is 15.4. The number of hydrogen-bond acceptors (Lipinski definition) is 6. The van der Waals surface area contributed by atoms with Gasteiger partial charge in [0.2, 0.25) is 5.13 Å². The third kappa shape index (κ3) is 3.70. The number of carbonyl (C=O) groups excluding carboxylic acids is 1. The van der Waals surface area contributed by atoms with Crippen molar-refractivity contribution in [2.24, 2.45) is 0 Å². The highest BCUT2D eigenvalue weighted by Crippen LogP contribution is 2.30. The molecule has 7 nitrogen and oxygen atoms in total. The number of aromatic nitrogens is 2. The minimum absolute atomic E-state index is 0.0423. The predicted octanol–water partition coefficient (Wildman–Crippen LogP) is 2.19. The SMILES string of the molecule is CCCCCN1CC(N2CCOCC2)N(c2nnc(CC)s2)C1=O. The molecule has 1 aromatic rings. The molecule has 8 heteroatoms. The Bertz CT molecular complexity index is 546. The monoisotopic (exact) mass is 353 g/mol. The molecule has 0 spiro atoms. The summed E-state index contributed by atoms with van der Waals surface area (Å²) in [5.41, 5.74) is 0. The fourth-order valence-corrected chi connectivity index (χ4v) is 4.04. The van der Waals surface area contributed by atoms with Crippen molar-refractivity contribution >= 4 is 22.5 Å². The van der Waals surface area contributed by atoms with Gasteiger partial charge in [-0.15, -0.1) is 10.2 Å². The van der Waals surface area contributed by atoms with Crippen LogP contribution in [0.25, 0.3) is 0 Å². The van der Waals surface area contributed by atoms with Gasteiger partial charge < -0.3 is 9.64 Å². The van der Waals surface area contributed by atoms with E-state index in [0.29, 0.717) is 0 Å². The molecule has 2 fully saturated rings. The standard InChI is InChI=1S/C16H27N5O2S/c1-3-5-6-7-20-12-14(19-8-10-23-11-9-19)21(16(20)22)15-18-17-13(4-2)24-15/h14H,3-12H2,1-2H3. The average Bonchev–Trinajstić information content (AvgIpc) is 3.21. The number of hydrogen-bond donors (Lipinski definition) is 0. The van der Waals surface area contributed by atoms with Crippen molar-refractivity contribution in [2.45, 2.75) is 45.7 Å². The maximum atomic E-state index is 13.0. The Balaban J connectivity index is 1.78. The van der Waals surface area contributed by atoms with Gasteiger partial charge in [-0.3, -0.25) is 4.90 Å². The Morgan fingerprint density at radius 1 is 1.21 bits per heavy atom. The van der Waals surface area contributed by atoms with E-state index in [1.54, 1.807) is 0 Å². The van der Waals surface area contributed by atoms with E-state index < -0.39 is 0 Å². The molecule has 3 heterocycles. The molecule has 0 N–H and O–H groups in total. The van der Waals surface area contributed by atoms with Crippen molar-refractivity contribution in [2.75, 3.05) is 44.3 Å². The van der Waals surface area contributed by atoms with Crippen LogP contribution in [0.3, 0.4) is 0 Å². The van der Waals surface area contributed by atoms with E-state index >= 15 is 0 Å². The highest BCUT2D eigenvalue weighted by molar-refractivity contribution is 7.15. The van der Waals surface area contributed by atoms with Crippen LogP contribution in [-0.4, -0.2) is 71.6 Å². The third-order valence-electron chi connectivity index (χ3n) is 4.62. The average molecular weight is 353 g/mol. The molecule has 1 aromatic heterocycles. The Labute approximate surface area is 147 Å². The number of rotatable bonds is 7. The van der Waals surface area contributed by atoms with E-state index in [1.165, 1.54) is 11.3 Å². The molecule has 1 unspecified atom stereocenters. The highest BCUT2D eigenvalue weighted by Gasteiger charge is 2.43. The zero-order chi connectivity index (χ0) is 16.9. The summed E-state index contributed by atoms with van der Waals surface area (Å²) in [6.07, 6.45) is 4.27. The summed E-state index contributed by atoms with van der Waals surface area (Å²) in [5, 5.41) is 10.2. The first kappa shape index (κ1) is 17.6. The topological polar surface area (TPSA) is 61.8 Å². The lowest BCUT2D eigenvalue weighted by molar-refractivity contribution is 0.0189. The number of amides is 2. The van der Waals surface area contributed by atoms with E-state index in [2.05, 4.69) is 28.9 Å². The summed E-state index contributed by atoms with van der Waals surface area (Å²) in [7, 11) is 0. The van der Waals surface area contributed by atoms with Crippen LogP contribution in [0, 0.1) is 0 Å². The lowest BCUT2D eigenvalue weighted by Crippen LogP contribution is -2.51. The minimum atomic E-state index is 0.0423. The Hall–Kier alpha value is -1.25. The van der Waals surface area contributed by atoms with E-state index in [-0.39, 0.29) is 12.2 Å². The predicted molar refractivity (Wildman–Crippen MR) is 94.4 cm³/mol. The Morgan fingerprint density at radius 3 is 2.67 bits per heavy atom. The summed E-state index contributed by atoms with van der Waals surface area (Å²) in [4.78, 5) is 19.2. The third-order valence-corrected chi connectivity index (χ3v) is 5.69. The van der Waals surface area contributed by atoms with E-state index in [0.717, 1.165) is 75.2 Å². The van der Waals surface area contributed by atoms with Crippen LogP contribution < -0.4 is 4.90 Å². The van der Waals surface area contributed by atoms with Crippen molar-refractivity contribution in [1.29, 1.82) is 0 Å². The maximum Gasteiger partial charge on any atom is 0.327 e. The maximum absolute atomic E-state index is 13.0. The van der Waals surface area contributed by atoms with Crippen LogP contribution in [0.5, 0.6) is 0 Å². The molecule has 2 amide bonds. The van der Waals surface area contributed by atoms with Crippen LogP contribution in [0.15, 0.2) is 0 Å². The lowest BCUT2D eigenvalue weighted by atomic mass is 10.2. The Kier molecular flexibility index (Phi) is 6.02. The zero-order valence-electron chi connectivity index (χ0n) is 14.6. The molecular formula is C16H27N5O2S. The van der Waals surface area contributed by atoms with Crippen LogP contribution in [0.1, 0.15) is 38.1 Å². The summed E-state index contributed by atoms with van der Waals surface area (Å²) >= 11 is 1.53. The summed E-state index contributed by atoms with van der Waals surface area (Å²) in [6.45, 7) is 8.98. The van der Waals surface area contributed by atoms with Crippen molar-refractivity contribution in [3.8, 4) is 0 Å². The molecule has 2 aliphatic heterocycles. The minimum Gasteiger partial charge on any atom is -0.379 e. The van der Waals surface area contributed by atoms with Crippen molar-refractivity contribution in [3.63, 3.8) is 0 Å². The van der Waals surface area contributed by atoms with Crippen LogP contribution >= 0.6 is 11.3 Å². The lowest BCUT2D eigenvalue weighted by Gasteiger charge is -2.34. The number of urea groups is 1. The molecule has 0 radical (unpaired) electrons. The van der Waals surface area contributed by atoms with Crippen molar-refractivity contribution < 1.29 is 9.53 Å². The number of unbranched alkanes of at least 4 members (excludes halogenated alkanes) is 2. The number of anilines is 1. The second kappa shape index (κ2) is 8.22. The largest absolute Gasteiger partial charge is 0.379 e. The van der Waals surface area contributed by atoms with E-state index in [4.69, 9.17) is 4.74 Å². The Morgan fingerprint density at radius 2 is 2.00 bits per heavy atom. The fraction of sp³-hybridized carbons (Fsp3) is 0.812. The van der Waals surface area contributed by atoms with Gasteiger partial charge in [-0.2, -0.15) is 0 Å². The molecule has 2 aliphatic rings. The first-order chi connectivity index (χ1) is 11.7. The molecule has 0 bridgehead atoms. The van der Waals surface area contributed by atoms with Gasteiger partial charge in [0.25, 0.3) is 0 Å². The number of carbonyl (C=O) groups is 1. The highest BCUT2D eigenvalue weighted by atomic mass is 32.1. The van der Waals surface area contributed by atoms with Crippen LogP contribution in [0.4, 0.5) is 9.93 Å². The molecule has 24 heavy (non-hydrogen) atoms. The second-order valence-electron chi connectivity index (χ2n) is 6.27. The molecular weight excluding hydrogens is 326 g/mol. The van der Waals surface area contributed by atoms with Crippen molar-refractivity contribution in [1.82, 2.24) is 20.0 Å². The number of aryl methyl sites for hydroxylation is 1. The van der Waals surface area contributed by atoms with Crippen LogP contribution in [0.2, 0.25) is 0 Å². The summed E-state index contributed by atoms with van der Waals surface area (Å²) in [6, 6.07) is 0.0707. The van der Waals surface area contributed by atoms with Gasteiger partial charge in [0.15, 0.2) is 0 Å². The number of ether oxygens (including phenoxy) is 1. The van der Waals surface area contributed by atoms with Gasteiger partial charge >= 0.3 is 6.03 Å². The first-order valence-electron chi connectivity index (χ1n) is 8.97. The molecule has 134 valence electrons. The van der Waals surface area contributed by atoms with Gasteiger partial charge in [-0.25, -0.2) is 9.69 Å². The number of morpholine rings is 1. The normalized spacial score (nSPS) is 22.6. The number of nitrogens with zero attached hydrogens (tertiary/aromatic N) is 5. The van der Waals surface area contributed by atoms with Crippen LogP contribution in [-0.2, 0) is 11.2 Å². The molecule has 0 aliphatic carbocycles.